The third-order valence-electron chi connectivity index (χ3n) is 2.75. The summed E-state index contributed by atoms with van der Waals surface area (Å²) >= 11 is 0. The topological polar surface area (TPSA) is 66.0 Å². The second-order valence-corrected chi connectivity index (χ2v) is 4.33. The monoisotopic (exact) mass is 210 g/mol. The molecule has 1 unspecified atom stereocenters. The molecule has 84 valence electrons. The van der Waals surface area contributed by atoms with Crippen molar-refractivity contribution in [2.75, 3.05) is 12.3 Å². The molecule has 0 saturated carbocycles. The summed E-state index contributed by atoms with van der Waals surface area (Å²) in [6, 6.07) is 0. The zero-order valence-corrected chi connectivity index (χ0v) is 9.31. The largest absolute Gasteiger partial charge is 0.381 e. The molecule has 1 aromatic heterocycles. The predicted octanol–water partition coefficient (Wildman–Crippen LogP) is 1.16. The summed E-state index contributed by atoms with van der Waals surface area (Å²) in [5.74, 6) is 0.893. The fraction of sp³-hybridized carbons (Fsp3) is 0.800. The number of hydrogen-bond acceptors (Lipinski definition) is 4. The number of rotatable bonds is 3. The number of anilines is 1. The Morgan fingerprint density at radius 2 is 2.40 bits per heavy atom. The maximum Gasteiger partial charge on any atom is 0.169 e. The maximum absolute atomic E-state index is 5.78. The molecule has 5 heteroatoms. The maximum atomic E-state index is 5.78. The Morgan fingerprint density at radius 1 is 1.60 bits per heavy atom. The molecule has 0 amide bonds. The van der Waals surface area contributed by atoms with Crippen molar-refractivity contribution in [1.82, 2.24) is 15.0 Å². The van der Waals surface area contributed by atoms with Gasteiger partial charge in [0.05, 0.1) is 18.3 Å². The molecule has 2 N–H and O–H groups in total. The van der Waals surface area contributed by atoms with Gasteiger partial charge in [-0.3, -0.25) is 0 Å². The summed E-state index contributed by atoms with van der Waals surface area (Å²) in [5.41, 5.74) is 6.80. The highest BCUT2D eigenvalue weighted by molar-refractivity contribution is 5.35. The van der Waals surface area contributed by atoms with Crippen LogP contribution in [0.5, 0.6) is 0 Å². The lowest BCUT2D eigenvalue weighted by atomic mass is 10.1. The SMILES string of the molecule is CC(C)c1c(N)nnn1CC1CCCO1. The summed E-state index contributed by atoms with van der Waals surface area (Å²) in [4.78, 5) is 0. The molecule has 1 aliphatic rings. The molecule has 0 spiro atoms. The lowest BCUT2D eigenvalue weighted by Crippen LogP contribution is -2.18. The molecule has 2 heterocycles. The van der Waals surface area contributed by atoms with E-state index in [1.54, 1.807) is 0 Å². The third-order valence-corrected chi connectivity index (χ3v) is 2.75. The van der Waals surface area contributed by atoms with E-state index < -0.39 is 0 Å². The molecule has 0 aromatic carbocycles. The molecule has 1 atom stereocenters. The Bertz CT molecular complexity index is 328. The predicted molar refractivity (Wildman–Crippen MR) is 57.5 cm³/mol. The Morgan fingerprint density at radius 3 is 3.00 bits per heavy atom. The quantitative estimate of drug-likeness (QED) is 0.813. The number of nitrogen functional groups attached to an aromatic ring is 1. The van der Waals surface area contributed by atoms with E-state index in [9.17, 15) is 0 Å². The molecule has 15 heavy (non-hydrogen) atoms. The second-order valence-electron chi connectivity index (χ2n) is 4.33. The Balaban J connectivity index is 2.13. The minimum absolute atomic E-state index is 0.281. The molecular formula is C10H18N4O. The van der Waals surface area contributed by atoms with Crippen LogP contribution in [-0.4, -0.2) is 27.7 Å². The van der Waals surface area contributed by atoms with E-state index in [0.29, 0.717) is 11.7 Å². The number of aromatic nitrogens is 3. The number of nitrogens with zero attached hydrogens (tertiary/aromatic N) is 3. The molecule has 0 radical (unpaired) electrons. The minimum Gasteiger partial charge on any atom is -0.381 e. The smallest absolute Gasteiger partial charge is 0.169 e. The summed E-state index contributed by atoms with van der Waals surface area (Å²) in [7, 11) is 0. The minimum atomic E-state index is 0.281. The molecule has 1 saturated heterocycles. The van der Waals surface area contributed by atoms with Crippen LogP contribution < -0.4 is 5.73 Å². The van der Waals surface area contributed by atoms with Crippen LogP contribution in [0.3, 0.4) is 0 Å². The van der Waals surface area contributed by atoms with E-state index in [-0.39, 0.29) is 6.10 Å². The molecule has 0 aliphatic carbocycles. The highest BCUT2D eigenvalue weighted by Crippen LogP contribution is 2.21. The van der Waals surface area contributed by atoms with Gasteiger partial charge in [-0.2, -0.15) is 0 Å². The van der Waals surface area contributed by atoms with Crippen molar-refractivity contribution in [2.45, 2.75) is 45.3 Å². The summed E-state index contributed by atoms with van der Waals surface area (Å²) in [6.07, 6.45) is 2.53. The van der Waals surface area contributed by atoms with Crippen molar-refractivity contribution in [3.8, 4) is 0 Å². The normalized spacial score (nSPS) is 21.4. The molecule has 1 aromatic rings. The first-order valence-electron chi connectivity index (χ1n) is 5.49. The zero-order chi connectivity index (χ0) is 10.8. The van der Waals surface area contributed by atoms with Gasteiger partial charge >= 0.3 is 0 Å². The lowest BCUT2D eigenvalue weighted by molar-refractivity contribution is 0.0925. The zero-order valence-electron chi connectivity index (χ0n) is 9.31. The van der Waals surface area contributed by atoms with Crippen LogP contribution in [0.1, 0.15) is 38.3 Å². The van der Waals surface area contributed by atoms with Gasteiger partial charge in [0.1, 0.15) is 0 Å². The van der Waals surface area contributed by atoms with Crippen molar-refractivity contribution < 1.29 is 4.74 Å². The van der Waals surface area contributed by atoms with E-state index in [1.807, 2.05) is 4.68 Å². The van der Waals surface area contributed by atoms with Gasteiger partial charge in [0.15, 0.2) is 5.82 Å². The van der Waals surface area contributed by atoms with Crippen LogP contribution in [0.15, 0.2) is 0 Å². The van der Waals surface area contributed by atoms with E-state index >= 15 is 0 Å². The van der Waals surface area contributed by atoms with E-state index in [2.05, 4.69) is 24.2 Å². The van der Waals surface area contributed by atoms with Gasteiger partial charge < -0.3 is 10.5 Å². The summed E-state index contributed by atoms with van der Waals surface area (Å²) in [5, 5.41) is 7.98. The fourth-order valence-electron chi connectivity index (χ4n) is 2.04. The number of ether oxygens (including phenoxy) is 1. The van der Waals surface area contributed by atoms with Crippen molar-refractivity contribution in [2.24, 2.45) is 0 Å². The second kappa shape index (κ2) is 4.18. The molecule has 0 bridgehead atoms. The average Bonchev–Trinajstić information content (AvgIpc) is 2.76. The van der Waals surface area contributed by atoms with Crippen molar-refractivity contribution in [3.05, 3.63) is 5.69 Å². The van der Waals surface area contributed by atoms with Gasteiger partial charge in [0, 0.05) is 6.61 Å². The van der Waals surface area contributed by atoms with E-state index in [0.717, 1.165) is 31.7 Å². The van der Waals surface area contributed by atoms with E-state index in [1.165, 1.54) is 0 Å². The van der Waals surface area contributed by atoms with Crippen molar-refractivity contribution in [3.63, 3.8) is 0 Å². The highest BCUT2D eigenvalue weighted by Gasteiger charge is 2.20. The van der Waals surface area contributed by atoms with Crippen LogP contribution >= 0.6 is 0 Å². The van der Waals surface area contributed by atoms with Crippen molar-refractivity contribution >= 4 is 5.82 Å². The number of nitrogens with two attached hydrogens (primary N) is 1. The van der Waals surface area contributed by atoms with Crippen LogP contribution in [-0.2, 0) is 11.3 Å². The Hall–Kier alpha value is -1.10. The average molecular weight is 210 g/mol. The molecule has 2 rings (SSSR count). The highest BCUT2D eigenvalue weighted by atomic mass is 16.5. The van der Waals surface area contributed by atoms with Gasteiger partial charge in [-0.25, -0.2) is 4.68 Å². The Kier molecular flexibility index (Phi) is 2.90. The Labute approximate surface area is 89.6 Å². The third kappa shape index (κ3) is 2.12. The lowest BCUT2D eigenvalue weighted by Gasteiger charge is -2.13. The van der Waals surface area contributed by atoms with Gasteiger partial charge in [0.25, 0.3) is 0 Å². The first-order chi connectivity index (χ1) is 7.18. The first-order valence-corrected chi connectivity index (χ1v) is 5.49. The number of hydrogen-bond donors (Lipinski definition) is 1. The van der Waals surface area contributed by atoms with Gasteiger partial charge in [-0.15, -0.1) is 5.10 Å². The molecular weight excluding hydrogens is 192 g/mol. The van der Waals surface area contributed by atoms with Crippen LogP contribution in [0.4, 0.5) is 5.82 Å². The molecule has 5 nitrogen and oxygen atoms in total. The van der Waals surface area contributed by atoms with Gasteiger partial charge in [-0.1, -0.05) is 19.1 Å². The summed E-state index contributed by atoms with van der Waals surface area (Å²) in [6.45, 7) is 5.84. The molecule has 1 aliphatic heterocycles. The van der Waals surface area contributed by atoms with Crippen LogP contribution in [0.25, 0.3) is 0 Å². The fourth-order valence-corrected chi connectivity index (χ4v) is 2.04. The van der Waals surface area contributed by atoms with Crippen molar-refractivity contribution in [1.29, 1.82) is 0 Å². The van der Waals surface area contributed by atoms with Gasteiger partial charge in [-0.05, 0) is 18.8 Å². The standard InChI is InChI=1S/C10H18N4O/c1-7(2)9-10(11)12-13-14(9)6-8-4-3-5-15-8/h7-8H,3-6,11H2,1-2H3. The van der Waals surface area contributed by atoms with Crippen LogP contribution in [0.2, 0.25) is 0 Å². The van der Waals surface area contributed by atoms with E-state index in [4.69, 9.17) is 10.5 Å². The van der Waals surface area contributed by atoms with Crippen LogP contribution in [0, 0.1) is 0 Å². The summed E-state index contributed by atoms with van der Waals surface area (Å²) < 4.78 is 7.46. The molecule has 1 fully saturated rings. The first kappa shape index (κ1) is 10.4. The van der Waals surface area contributed by atoms with Gasteiger partial charge in [0.2, 0.25) is 0 Å².